The molecule has 0 heterocycles. The molecular weight excluding hydrogens is 212 g/mol. The second-order valence-electron chi connectivity index (χ2n) is 3.93. The van der Waals surface area contributed by atoms with Crippen molar-refractivity contribution >= 4 is 11.6 Å². The van der Waals surface area contributed by atoms with Gasteiger partial charge in [0.2, 0.25) is 0 Å². The van der Waals surface area contributed by atoms with Crippen LogP contribution in [0.3, 0.4) is 0 Å². The van der Waals surface area contributed by atoms with Crippen LogP contribution in [-0.4, -0.2) is 17.6 Å². The van der Waals surface area contributed by atoms with E-state index in [0.29, 0.717) is 0 Å². The number of ether oxygens (including phenoxy) is 1. The molecule has 0 aromatic carbocycles. The molecular formula is C12H15ClO2. The molecule has 2 aliphatic rings. The lowest BCUT2D eigenvalue weighted by molar-refractivity contribution is 0.235. The van der Waals surface area contributed by atoms with E-state index in [1.165, 1.54) is 12.0 Å². The van der Waals surface area contributed by atoms with Crippen LogP contribution < -0.4 is 0 Å². The zero-order valence-electron chi connectivity index (χ0n) is 8.74. The lowest BCUT2D eigenvalue weighted by Crippen LogP contribution is -2.23. The Balaban J connectivity index is 2.23. The van der Waals surface area contributed by atoms with Crippen LogP contribution in [-0.2, 0) is 4.74 Å². The second-order valence-corrected chi connectivity index (χ2v) is 4.40. The van der Waals surface area contributed by atoms with Crippen LogP contribution in [0, 0.1) is 5.92 Å². The van der Waals surface area contributed by atoms with Crippen molar-refractivity contribution in [2.24, 2.45) is 5.92 Å². The van der Waals surface area contributed by atoms with Gasteiger partial charge in [-0.25, -0.2) is 0 Å². The van der Waals surface area contributed by atoms with Crippen molar-refractivity contribution < 1.29 is 9.84 Å². The highest BCUT2D eigenvalue weighted by Gasteiger charge is 2.30. The normalized spacial score (nSPS) is 29.5. The average molecular weight is 227 g/mol. The number of alkyl halides is 1. The molecule has 1 fully saturated rings. The predicted octanol–water partition coefficient (Wildman–Crippen LogP) is 3.31. The number of allylic oxidation sites excluding steroid dienone is 5. The zero-order valence-corrected chi connectivity index (χ0v) is 9.50. The van der Waals surface area contributed by atoms with Gasteiger partial charge in [-0.3, -0.25) is 0 Å². The summed E-state index contributed by atoms with van der Waals surface area (Å²) in [6.07, 6.45) is 8.88. The minimum absolute atomic E-state index is 0.0167. The fourth-order valence-corrected chi connectivity index (χ4v) is 2.25. The number of halogens is 1. The van der Waals surface area contributed by atoms with Gasteiger partial charge < -0.3 is 9.84 Å². The van der Waals surface area contributed by atoms with E-state index in [0.717, 1.165) is 18.6 Å². The molecule has 3 heteroatoms. The minimum atomic E-state index is -0.391. The van der Waals surface area contributed by atoms with Gasteiger partial charge in [-0.05, 0) is 30.9 Å². The van der Waals surface area contributed by atoms with E-state index in [2.05, 4.69) is 0 Å². The van der Waals surface area contributed by atoms with Crippen LogP contribution in [0.5, 0.6) is 0 Å². The first-order chi connectivity index (χ1) is 7.24. The molecule has 82 valence electrons. The van der Waals surface area contributed by atoms with E-state index in [-0.39, 0.29) is 11.7 Å². The molecule has 0 aromatic rings. The SMILES string of the molecule is COC(=C1CCC1)C1C=CC=C(O)C1Cl. The summed E-state index contributed by atoms with van der Waals surface area (Å²) in [4.78, 5) is 0. The van der Waals surface area contributed by atoms with Gasteiger partial charge in [-0.1, -0.05) is 12.2 Å². The second kappa shape index (κ2) is 4.31. The highest BCUT2D eigenvalue weighted by atomic mass is 35.5. The standard InChI is InChI=1S/C12H15ClO2/c1-15-12(8-4-2-5-8)9-6-3-7-10(14)11(9)13/h3,6-7,9,11,14H,2,4-5H2,1H3. The molecule has 2 atom stereocenters. The quantitative estimate of drug-likeness (QED) is 0.578. The Morgan fingerprint density at radius 3 is 2.80 bits per heavy atom. The highest BCUT2D eigenvalue weighted by Crippen LogP contribution is 2.37. The number of rotatable bonds is 2. The maximum absolute atomic E-state index is 9.56. The summed E-state index contributed by atoms with van der Waals surface area (Å²) in [7, 11) is 1.67. The zero-order chi connectivity index (χ0) is 10.8. The Bertz CT molecular complexity index is 336. The van der Waals surface area contributed by atoms with Crippen molar-refractivity contribution in [3.8, 4) is 0 Å². The van der Waals surface area contributed by atoms with Gasteiger partial charge in [0.05, 0.1) is 13.0 Å². The molecule has 0 aromatic heterocycles. The Morgan fingerprint density at radius 2 is 2.27 bits per heavy atom. The molecule has 0 saturated heterocycles. The summed E-state index contributed by atoms with van der Waals surface area (Å²) < 4.78 is 5.42. The highest BCUT2D eigenvalue weighted by molar-refractivity contribution is 6.22. The van der Waals surface area contributed by atoms with Crippen LogP contribution in [0.1, 0.15) is 19.3 Å². The first-order valence-corrected chi connectivity index (χ1v) is 5.65. The van der Waals surface area contributed by atoms with E-state index < -0.39 is 5.38 Å². The van der Waals surface area contributed by atoms with Gasteiger partial charge in [0.1, 0.15) is 16.9 Å². The molecule has 1 N–H and O–H groups in total. The summed E-state index contributed by atoms with van der Waals surface area (Å²) >= 11 is 6.15. The third-order valence-electron chi connectivity index (χ3n) is 3.01. The molecule has 0 aliphatic heterocycles. The summed E-state index contributed by atoms with van der Waals surface area (Å²) in [6, 6.07) is 0. The lowest BCUT2D eigenvalue weighted by Gasteiger charge is -2.28. The average Bonchev–Trinajstić information content (AvgIpc) is 2.16. The van der Waals surface area contributed by atoms with Gasteiger partial charge in [-0.2, -0.15) is 0 Å². The topological polar surface area (TPSA) is 29.5 Å². The monoisotopic (exact) mass is 226 g/mol. The maximum Gasteiger partial charge on any atom is 0.111 e. The van der Waals surface area contributed by atoms with Gasteiger partial charge in [0.25, 0.3) is 0 Å². The van der Waals surface area contributed by atoms with Crippen molar-refractivity contribution in [2.45, 2.75) is 24.6 Å². The molecule has 2 aliphatic carbocycles. The number of hydrogen-bond donors (Lipinski definition) is 1. The van der Waals surface area contributed by atoms with Crippen molar-refractivity contribution in [1.29, 1.82) is 0 Å². The predicted molar refractivity (Wildman–Crippen MR) is 60.9 cm³/mol. The Labute approximate surface area is 94.9 Å². The Hall–Kier alpha value is -0.890. The van der Waals surface area contributed by atoms with Crippen LogP contribution in [0.4, 0.5) is 0 Å². The summed E-state index contributed by atoms with van der Waals surface area (Å²) in [6.45, 7) is 0. The van der Waals surface area contributed by atoms with Crippen LogP contribution in [0.2, 0.25) is 0 Å². The molecule has 2 rings (SSSR count). The van der Waals surface area contributed by atoms with Gasteiger partial charge in [-0.15, -0.1) is 11.6 Å². The molecule has 0 radical (unpaired) electrons. The van der Waals surface area contributed by atoms with E-state index in [4.69, 9.17) is 16.3 Å². The number of hydrogen-bond acceptors (Lipinski definition) is 2. The van der Waals surface area contributed by atoms with Crippen LogP contribution in [0.15, 0.2) is 35.3 Å². The van der Waals surface area contributed by atoms with Crippen molar-refractivity contribution in [2.75, 3.05) is 7.11 Å². The number of aliphatic hydroxyl groups is 1. The van der Waals surface area contributed by atoms with Gasteiger partial charge >= 0.3 is 0 Å². The molecule has 1 saturated carbocycles. The third kappa shape index (κ3) is 1.91. The minimum Gasteiger partial charge on any atom is -0.511 e. The van der Waals surface area contributed by atoms with E-state index in [1.54, 1.807) is 13.2 Å². The fourth-order valence-electron chi connectivity index (χ4n) is 1.98. The maximum atomic E-state index is 9.56. The molecule has 0 amide bonds. The van der Waals surface area contributed by atoms with Crippen LogP contribution >= 0.6 is 11.6 Å². The number of aliphatic hydroxyl groups excluding tert-OH is 1. The first-order valence-electron chi connectivity index (χ1n) is 5.21. The fraction of sp³-hybridized carbons (Fsp3) is 0.500. The van der Waals surface area contributed by atoms with Crippen molar-refractivity contribution in [3.05, 3.63) is 35.3 Å². The third-order valence-corrected chi connectivity index (χ3v) is 3.51. The number of methoxy groups -OCH3 is 1. The van der Waals surface area contributed by atoms with E-state index in [9.17, 15) is 5.11 Å². The summed E-state index contributed by atoms with van der Waals surface area (Å²) in [5.74, 6) is 1.15. The van der Waals surface area contributed by atoms with Crippen molar-refractivity contribution in [3.63, 3.8) is 0 Å². The summed E-state index contributed by atoms with van der Waals surface area (Å²) in [5, 5.41) is 9.17. The first kappa shape index (κ1) is 10.6. The molecule has 0 spiro atoms. The van der Waals surface area contributed by atoms with Crippen LogP contribution in [0.25, 0.3) is 0 Å². The molecule has 2 nitrogen and oxygen atoms in total. The van der Waals surface area contributed by atoms with E-state index >= 15 is 0 Å². The Morgan fingerprint density at radius 1 is 1.53 bits per heavy atom. The smallest absolute Gasteiger partial charge is 0.111 e. The largest absolute Gasteiger partial charge is 0.511 e. The van der Waals surface area contributed by atoms with Gasteiger partial charge in [0.15, 0.2) is 0 Å². The van der Waals surface area contributed by atoms with Gasteiger partial charge in [0, 0.05) is 0 Å². The van der Waals surface area contributed by atoms with E-state index in [1.807, 2.05) is 12.2 Å². The molecule has 2 unspecified atom stereocenters. The lowest BCUT2D eigenvalue weighted by atomic mass is 9.85. The molecule has 15 heavy (non-hydrogen) atoms. The van der Waals surface area contributed by atoms with Crippen molar-refractivity contribution in [1.82, 2.24) is 0 Å². The Kier molecular flexibility index (Phi) is 3.06. The molecule has 0 bridgehead atoms. The summed E-state index contributed by atoms with van der Waals surface area (Å²) in [5.41, 5.74) is 1.34.